The number of aromatic nitrogens is 1. The van der Waals surface area contributed by atoms with E-state index in [0.717, 1.165) is 16.3 Å². The number of nitrogens with zero attached hydrogens (tertiary/aromatic N) is 3. The zero-order valence-corrected chi connectivity index (χ0v) is 17.3. The minimum absolute atomic E-state index is 0.00262. The summed E-state index contributed by atoms with van der Waals surface area (Å²) in [5, 5.41) is 0.893. The number of benzene rings is 1. The third-order valence-electron chi connectivity index (χ3n) is 5.78. The fourth-order valence-electron chi connectivity index (χ4n) is 4.13. The lowest BCUT2D eigenvalue weighted by atomic mass is 9.85. The number of carbonyl (C=O) groups is 2. The van der Waals surface area contributed by atoms with Crippen LogP contribution in [0.4, 0.5) is 0 Å². The minimum atomic E-state index is -0.432. The number of amides is 2. The van der Waals surface area contributed by atoms with Crippen molar-refractivity contribution in [3.8, 4) is 0 Å². The van der Waals surface area contributed by atoms with Gasteiger partial charge in [0.1, 0.15) is 11.5 Å². The smallest absolute Gasteiger partial charge is 0.265 e. The van der Waals surface area contributed by atoms with Gasteiger partial charge in [-0.25, -0.2) is 4.98 Å². The van der Waals surface area contributed by atoms with Gasteiger partial charge in [0.2, 0.25) is 5.91 Å². The van der Waals surface area contributed by atoms with Gasteiger partial charge in [-0.3, -0.25) is 9.59 Å². The van der Waals surface area contributed by atoms with E-state index in [9.17, 15) is 9.59 Å². The van der Waals surface area contributed by atoms with Crippen molar-refractivity contribution in [1.82, 2.24) is 14.8 Å². The molecule has 0 spiro atoms. The molecule has 0 saturated carbocycles. The standard InChI is InChI=1S/C21H25N3O3S/c1-14-19(28-15(2)22-14)20(26)23-10-9-21(3)17(12-23)24(18(25)13-27-21)11-16-7-5-4-6-8-16/h4-8,17H,9-13H2,1-3H3/t17-,21-/m1/s1. The Balaban J connectivity index is 1.59. The van der Waals surface area contributed by atoms with Crippen LogP contribution in [0.25, 0.3) is 0 Å². The average molecular weight is 400 g/mol. The highest BCUT2D eigenvalue weighted by atomic mass is 32.1. The first-order valence-electron chi connectivity index (χ1n) is 9.58. The molecule has 28 heavy (non-hydrogen) atoms. The van der Waals surface area contributed by atoms with Crippen LogP contribution in [0.2, 0.25) is 0 Å². The molecule has 7 heteroatoms. The molecule has 148 valence electrons. The maximum Gasteiger partial charge on any atom is 0.265 e. The highest BCUT2D eigenvalue weighted by molar-refractivity contribution is 7.13. The maximum atomic E-state index is 13.1. The number of likely N-dealkylation sites (tertiary alicyclic amines) is 1. The van der Waals surface area contributed by atoms with Crippen LogP contribution in [0.1, 0.15) is 39.3 Å². The summed E-state index contributed by atoms with van der Waals surface area (Å²) in [6, 6.07) is 9.80. The molecule has 2 fully saturated rings. The molecular formula is C21H25N3O3S. The molecule has 2 amide bonds. The predicted octanol–water partition coefficient (Wildman–Crippen LogP) is 2.79. The van der Waals surface area contributed by atoms with Gasteiger partial charge >= 0.3 is 0 Å². The molecular weight excluding hydrogens is 374 g/mol. The number of fused-ring (bicyclic) bond motifs is 1. The van der Waals surface area contributed by atoms with Crippen LogP contribution in [0.3, 0.4) is 0 Å². The Morgan fingerprint density at radius 3 is 2.75 bits per heavy atom. The van der Waals surface area contributed by atoms with Crippen molar-refractivity contribution in [2.45, 2.75) is 45.4 Å². The molecule has 2 aliphatic heterocycles. The number of thiazole rings is 1. The van der Waals surface area contributed by atoms with E-state index in [0.29, 0.717) is 30.9 Å². The highest BCUT2D eigenvalue weighted by Crippen LogP contribution is 2.35. The normalized spacial score (nSPS) is 25.0. The minimum Gasteiger partial charge on any atom is -0.363 e. The summed E-state index contributed by atoms with van der Waals surface area (Å²) >= 11 is 1.43. The SMILES string of the molecule is Cc1nc(C)c(C(=O)N2CC[C@@]3(C)OCC(=O)N(Cc4ccccc4)[C@@H]3C2)s1. The largest absolute Gasteiger partial charge is 0.363 e. The third kappa shape index (κ3) is 3.44. The number of hydrogen-bond acceptors (Lipinski definition) is 5. The Bertz CT molecular complexity index is 898. The van der Waals surface area contributed by atoms with Crippen molar-refractivity contribution < 1.29 is 14.3 Å². The summed E-state index contributed by atoms with van der Waals surface area (Å²) in [4.78, 5) is 34.6. The van der Waals surface area contributed by atoms with Gasteiger partial charge in [0, 0.05) is 19.6 Å². The van der Waals surface area contributed by atoms with Gasteiger partial charge in [0.25, 0.3) is 5.91 Å². The number of aryl methyl sites for hydroxylation is 2. The first-order chi connectivity index (χ1) is 13.4. The lowest BCUT2D eigenvalue weighted by Crippen LogP contribution is -2.67. The molecule has 0 N–H and O–H groups in total. The van der Waals surface area contributed by atoms with E-state index in [-0.39, 0.29) is 24.5 Å². The zero-order chi connectivity index (χ0) is 19.9. The van der Waals surface area contributed by atoms with Crippen molar-refractivity contribution in [1.29, 1.82) is 0 Å². The third-order valence-corrected chi connectivity index (χ3v) is 6.84. The molecule has 2 aromatic rings. The molecule has 0 radical (unpaired) electrons. The van der Waals surface area contributed by atoms with Gasteiger partial charge < -0.3 is 14.5 Å². The summed E-state index contributed by atoms with van der Waals surface area (Å²) in [6.45, 7) is 7.58. The monoisotopic (exact) mass is 399 g/mol. The lowest BCUT2D eigenvalue weighted by Gasteiger charge is -2.52. The summed E-state index contributed by atoms with van der Waals surface area (Å²) in [6.07, 6.45) is 0.707. The Kier molecular flexibility index (Phi) is 4.97. The molecule has 0 aliphatic carbocycles. The van der Waals surface area contributed by atoms with E-state index in [1.807, 2.05) is 54.0 Å². The van der Waals surface area contributed by atoms with Crippen LogP contribution in [0, 0.1) is 13.8 Å². The molecule has 2 atom stereocenters. The zero-order valence-electron chi connectivity index (χ0n) is 16.5. The Morgan fingerprint density at radius 1 is 1.32 bits per heavy atom. The van der Waals surface area contributed by atoms with Gasteiger partial charge in [-0.2, -0.15) is 0 Å². The predicted molar refractivity (Wildman–Crippen MR) is 107 cm³/mol. The first kappa shape index (κ1) is 19.1. The molecule has 3 heterocycles. The van der Waals surface area contributed by atoms with E-state index in [1.54, 1.807) is 0 Å². The van der Waals surface area contributed by atoms with Crippen molar-refractivity contribution in [2.24, 2.45) is 0 Å². The van der Waals surface area contributed by atoms with Crippen molar-refractivity contribution >= 4 is 23.2 Å². The fraction of sp³-hybridized carbons (Fsp3) is 0.476. The van der Waals surface area contributed by atoms with Gasteiger partial charge in [0.15, 0.2) is 0 Å². The van der Waals surface area contributed by atoms with Crippen molar-refractivity contribution in [2.75, 3.05) is 19.7 Å². The van der Waals surface area contributed by atoms with Crippen LogP contribution >= 0.6 is 11.3 Å². The van der Waals surface area contributed by atoms with Crippen LogP contribution < -0.4 is 0 Å². The van der Waals surface area contributed by atoms with E-state index in [2.05, 4.69) is 11.9 Å². The number of carbonyl (C=O) groups excluding carboxylic acids is 2. The van der Waals surface area contributed by atoms with Crippen molar-refractivity contribution in [3.63, 3.8) is 0 Å². The Hall–Kier alpha value is -2.25. The second-order valence-electron chi connectivity index (χ2n) is 7.77. The van der Waals surface area contributed by atoms with E-state index < -0.39 is 5.60 Å². The summed E-state index contributed by atoms with van der Waals surface area (Å²) in [7, 11) is 0. The van der Waals surface area contributed by atoms with Gasteiger partial charge in [-0.05, 0) is 32.8 Å². The molecule has 2 saturated heterocycles. The highest BCUT2D eigenvalue weighted by Gasteiger charge is 2.49. The van der Waals surface area contributed by atoms with Gasteiger partial charge in [0.05, 0.1) is 22.3 Å². The van der Waals surface area contributed by atoms with E-state index in [1.165, 1.54) is 11.3 Å². The molecule has 4 rings (SSSR count). The number of piperidine rings is 1. The molecule has 0 unspecified atom stereocenters. The second-order valence-corrected chi connectivity index (χ2v) is 8.98. The number of rotatable bonds is 3. The Morgan fingerprint density at radius 2 is 2.07 bits per heavy atom. The first-order valence-corrected chi connectivity index (χ1v) is 10.4. The van der Waals surface area contributed by atoms with Crippen molar-refractivity contribution in [3.05, 3.63) is 51.5 Å². The summed E-state index contributed by atoms with van der Waals surface area (Å²) < 4.78 is 5.97. The van der Waals surface area contributed by atoms with Crippen LogP contribution in [-0.4, -0.2) is 57.9 Å². The topological polar surface area (TPSA) is 62.7 Å². The summed E-state index contributed by atoms with van der Waals surface area (Å²) in [5.41, 5.74) is 1.42. The molecule has 2 aliphatic rings. The molecule has 0 bridgehead atoms. The lowest BCUT2D eigenvalue weighted by molar-refractivity contribution is -0.186. The van der Waals surface area contributed by atoms with Gasteiger partial charge in [-0.15, -0.1) is 11.3 Å². The molecule has 6 nitrogen and oxygen atoms in total. The quantitative estimate of drug-likeness (QED) is 0.796. The molecule has 1 aromatic carbocycles. The summed E-state index contributed by atoms with van der Waals surface area (Å²) in [5.74, 6) is -0.0201. The van der Waals surface area contributed by atoms with Crippen LogP contribution in [-0.2, 0) is 16.1 Å². The second kappa shape index (κ2) is 7.29. The van der Waals surface area contributed by atoms with Gasteiger partial charge in [-0.1, -0.05) is 30.3 Å². The maximum absolute atomic E-state index is 13.1. The number of ether oxygens (including phenoxy) is 1. The van der Waals surface area contributed by atoms with E-state index in [4.69, 9.17) is 4.74 Å². The molecule has 1 aromatic heterocycles. The fourth-order valence-corrected chi connectivity index (χ4v) is 5.02. The number of hydrogen-bond donors (Lipinski definition) is 0. The van der Waals surface area contributed by atoms with Crippen LogP contribution in [0.5, 0.6) is 0 Å². The van der Waals surface area contributed by atoms with E-state index >= 15 is 0 Å². The Labute approximate surface area is 169 Å². The average Bonchev–Trinajstić information content (AvgIpc) is 3.02. The number of morpholine rings is 1. The van der Waals surface area contributed by atoms with Crippen LogP contribution in [0.15, 0.2) is 30.3 Å².